The van der Waals surface area contributed by atoms with Crippen LogP contribution in [0.4, 0.5) is 0 Å². The molecule has 3 nitrogen and oxygen atoms in total. The van der Waals surface area contributed by atoms with Gasteiger partial charge in [-0.2, -0.15) is 0 Å². The van der Waals surface area contributed by atoms with Crippen molar-refractivity contribution in [3.8, 4) is 0 Å². The van der Waals surface area contributed by atoms with Crippen molar-refractivity contribution in [1.29, 1.82) is 0 Å². The number of rotatable bonds is 10. The number of carbonyl (C=O) groups excluding carboxylic acids is 2. The van der Waals surface area contributed by atoms with Crippen LogP contribution in [-0.4, -0.2) is 24.3 Å². The Balaban J connectivity index is 4.02. The van der Waals surface area contributed by atoms with E-state index in [9.17, 15) is 9.59 Å². The molecule has 2 amide bonds. The fourth-order valence-corrected chi connectivity index (χ4v) is 1.71. The van der Waals surface area contributed by atoms with E-state index in [4.69, 9.17) is 0 Å². The van der Waals surface area contributed by atoms with Crippen molar-refractivity contribution in [2.75, 3.05) is 6.54 Å². The molecule has 20 heavy (non-hydrogen) atoms. The van der Waals surface area contributed by atoms with Gasteiger partial charge in [-0.15, -0.1) is 0 Å². The van der Waals surface area contributed by atoms with Gasteiger partial charge in [-0.3, -0.25) is 14.5 Å². The molecule has 0 fully saturated rings. The maximum Gasteiger partial charge on any atom is 0.216 e. The average Bonchev–Trinajstić information content (AvgIpc) is 2.39. The van der Waals surface area contributed by atoms with Gasteiger partial charge in [0.1, 0.15) is 0 Å². The lowest BCUT2D eigenvalue weighted by molar-refractivity contribution is -0.128. The highest BCUT2D eigenvalue weighted by Crippen LogP contribution is 2.11. The minimum Gasteiger partial charge on any atom is -0.284 e. The van der Waals surface area contributed by atoms with Crippen molar-refractivity contribution >= 4 is 12.8 Å². The van der Waals surface area contributed by atoms with Gasteiger partial charge in [-0.25, -0.2) is 0 Å². The number of hydrogen-bond acceptors (Lipinski definition) is 2. The van der Waals surface area contributed by atoms with Gasteiger partial charge >= 0.3 is 0 Å². The van der Waals surface area contributed by atoms with Crippen LogP contribution in [-0.2, 0) is 9.59 Å². The monoisotopic (exact) mass is 277 g/mol. The van der Waals surface area contributed by atoms with Crippen molar-refractivity contribution in [1.82, 2.24) is 4.90 Å². The van der Waals surface area contributed by atoms with Gasteiger partial charge in [-0.1, -0.05) is 34.9 Å². The second kappa shape index (κ2) is 11.2. The smallest absolute Gasteiger partial charge is 0.216 e. The zero-order chi connectivity index (χ0) is 15.4. The first-order valence-corrected chi connectivity index (χ1v) is 7.10. The average molecular weight is 277 g/mol. The normalized spacial score (nSPS) is 12.0. The van der Waals surface area contributed by atoms with Crippen molar-refractivity contribution in [2.24, 2.45) is 0 Å². The first kappa shape index (κ1) is 18.4. The predicted octanol–water partition coefficient (Wildman–Crippen LogP) is 4.02. The van der Waals surface area contributed by atoms with E-state index in [2.05, 4.69) is 32.9 Å². The highest BCUT2D eigenvalue weighted by Gasteiger charge is 1.96. The number of nitrogens with zero attached hydrogens (tertiary/aromatic N) is 1. The fourth-order valence-electron chi connectivity index (χ4n) is 1.71. The molecule has 0 aliphatic rings. The Morgan fingerprint density at radius 1 is 0.800 bits per heavy atom. The third-order valence-electron chi connectivity index (χ3n) is 3.04. The minimum absolute atomic E-state index is 0.363. The van der Waals surface area contributed by atoms with Crippen LogP contribution in [0.1, 0.15) is 53.4 Å². The lowest BCUT2D eigenvalue weighted by Gasteiger charge is -2.06. The van der Waals surface area contributed by atoms with Gasteiger partial charge < -0.3 is 0 Å². The summed E-state index contributed by atoms with van der Waals surface area (Å²) in [7, 11) is 0. The van der Waals surface area contributed by atoms with Gasteiger partial charge in [0, 0.05) is 6.54 Å². The molecule has 0 spiro atoms. The molecule has 0 heterocycles. The molecule has 0 saturated carbocycles. The Morgan fingerprint density at radius 3 is 1.80 bits per heavy atom. The highest BCUT2D eigenvalue weighted by molar-refractivity contribution is 5.68. The van der Waals surface area contributed by atoms with E-state index in [1.54, 1.807) is 0 Å². The summed E-state index contributed by atoms with van der Waals surface area (Å²) in [6.07, 6.45) is 11.7. The SMILES string of the molecule is CC(C)=CCCC(C)=CCCC(C)=CCN(C=O)C=O. The van der Waals surface area contributed by atoms with Gasteiger partial charge in [0.05, 0.1) is 0 Å². The van der Waals surface area contributed by atoms with Crippen LogP contribution in [0.15, 0.2) is 34.9 Å². The van der Waals surface area contributed by atoms with Gasteiger partial charge in [-0.05, 0) is 53.4 Å². The summed E-state index contributed by atoms with van der Waals surface area (Å²) in [6.45, 7) is 8.80. The molecule has 0 aromatic rings. The van der Waals surface area contributed by atoms with E-state index < -0.39 is 0 Å². The second-order valence-corrected chi connectivity index (χ2v) is 5.37. The summed E-state index contributed by atoms with van der Waals surface area (Å²) in [4.78, 5) is 22.0. The molecule has 0 atom stereocenters. The van der Waals surface area contributed by atoms with Crippen LogP contribution in [0.2, 0.25) is 0 Å². The van der Waals surface area contributed by atoms with Crippen LogP contribution in [0.5, 0.6) is 0 Å². The van der Waals surface area contributed by atoms with Crippen LogP contribution >= 0.6 is 0 Å². The highest BCUT2D eigenvalue weighted by atomic mass is 16.2. The van der Waals surface area contributed by atoms with Gasteiger partial charge in [0.25, 0.3) is 0 Å². The molecule has 0 aliphatic heterocycles. The first-order valence-electron chi connectivity index (χ1n) is 7.10. The van der Waals surface area contributed by atoms with E-state index in [0.717, 1.165) is 30.6 Å². The van der Waals surface area contributed by atoms with E-state index in [0.29, 0.717) is 19.4 Å². The summed E-state index contributed by atoms with van der Waals surface area (Å²) >= 11 is 0. The maximum absolute atomic E-state index is 10.5. The molecule has 0 N–H and O–H groups in total. The molecule has 112 valence electrons. The Labute approximate surface area is 123 Å². The lowest BCUT2D eigenvalue weighted by Crippen LogP contribution is -2.19. The molecule has 0 aliphatic carbocycles. The topological polar surface area (TPSA) is 37.4 Å². The lowest BCUT2D eigenvalue weighted by atomic mass is 10.1. The third-order valence-corrected chi connectivity index (χ3v) is 3.04. The molecule has 0 rings (SSSR count). The largest absolute Gasteiger partial charge is 0.284 e. The summed E-state index contributed by atoms with van der Waals surface area (Å²) in [6, 6.07) is 0. The first-order chi connectivity index (χ1) is 9.49. The summed E-state index contributed by atoms with van der Waals surface area (Å²) < 4.78 is 0. The van der Waals surface area contributed by atoms with E-state index in [1.807, 2.05) is 13.0 Å². The van der Waals surface area contributed by atoms with Crippen LogP contribution < -0.4 is 0 Å². The van der Waals surface area contributed by atoms with Crippen LogP contribution in [0.3, 0.4) is 0 Å². The number of hydrogen-bond donors (Lipinski definition) is 0. The van der Waals surface area contributed by atoms with E-state index >= 15 is 0 Å². The molecule has 0 aromatic heterocycles. The van der Waals surface area contributed by atoms with Crippen molar-refractivity contribution in [3.63, 3.8) is 0 Å². The van der Waals surface area contributed by atoms with Gasteiger partial charge in [0.15, 0.2) is 0 Å². The number of imide groups is 1. The van der Waals surface area contributed by atoms with Crippen molar-refractivity contribution in [3.05, 3.63) is 34.9 Å². The number of amides is 2. The fraction of sp³-hybridized carbons (Fsp3) is 0.529. The predicted molar refractivity (Wildman–Crippen MR) is 84.2 cm³/mol. The summed E-state index contributed by atoms with van der Waals surface area (Å²) in [5.41, 5.74) is 3.98. The zero-order valence-electron chi connectivity index (χ0n) is 13.2. The molecular weight excluding hydrogens is 250 g/mol. The quantitative estimate of drug-likeness (QED) is 0.447. The molecule has 0 aromatic carbocycles. The summed E-state index contributed by atoms with van der Waals surface area (Å²) in [5.74, 6) is 0. The second-order valence-electron chi connectivity index (χ2n) is 5.37. The number of allylic oxidation sites excluding steroid dienone is 5. The molecule has 3 heteroatoms. The van der Waals surface area contributed by atoms with E-state index in [1.165, 1.54) is 16.7 Å². The molecule has 0 saturated heterocycles. The van der Waals surface area contributed by atoms with Crippen molar-refractivity contribution in [2.45, 2.75) is 53.4 Å². The molecule has 0 radical (unpaired) electrons. The molecule has 0 bridgehead atoms. The van der Waals surface area contributed by atoms with Crippen LogP contribution in [0.25, 0.3) is 0 Å². The minimum atomic E-state index is 0.363. The maximum atomic E-state index is 10.5. The Morgan fingerprint density at radius 2 is 1.30 bits per heavy atom. The standard InChI is InChI=1S/C17H27NO2/c1-15(2)7-5-8-16(3)9-6-10-17(4)11-12-18(13-19)14-20/h7,9,11,13-14H,5-6,8,10,12H2,1-4H3. The number of carbonyl (C=O) groups is 2. The van der Waals surface area contributed by atoms with Gasteiger partial charge in [0.2, 0.25) is 12.8 Å². The molecule has 0 unspecified atom stereocenters. The molecular formula is C17H27NO2. The Hall–Kier alpha value is -1.64. The van der Waals surface area contributed by atoms with Crippen molar-refractivity contribution < 1.29 is 9.59 Å². The Kier molecular flexibility index (Phi) is 10.3. The third kappa shape index (κ3) is 10.3. The Bertz CT molecular complexity index is 380. The zero-order valence-corrected chi connectivity index (χ0v) is 13.2. The van der Waals surface area contributed by atoms with Crippen LogP contribution in [0, 0.1) is 0 Å². The summed E-state index contributed by atoms with van der Waals surface area (Å²) in [5, 5.41) is 0. The van der Waals surface area contributed by atoms with E-state index in [-0.39, 0.29) is 0 Å².